The number of carboxylic acid groups (broad SMARTS) is 1. The van der Waals surface area contributed by atoms with Crippen LogP contribution < -0.4 is 0 Å². The number of aromatic nitrogens is 1. The van der Waals surface area contributed by atoms with Crippen LogP contribution in [0.1, 0.15) is 22.3 Å². The minimum absolute atomic E-state index is 0.328. The summed E-state index contributed by atoms with van der Waals surface area (Å²) in [6.07, 6.45) is 0. The number of rotatable bonds is 4. The third kappa shape index (κ3) is 2.85. The Labute approximate surface area is 90.9 Å². The zero-order valence-electron chi connectivity index (χ0n) is 8.03. The lowest BCUT2D eigenvalue weighted by Gasteiger charge is -1.93. The zero-order chi connectivity index (χ0) is 10.7. The first-order chi connectivity index (χ1) is 6.50. The fourth-order valence-corrected chi connectivity index (χ4v) is 2.69. The SMILES string of the molecule is C=C(C)CSc1nc(C)c(C(=O)O)s1. The molecule has 0 radical (unpaired) electrons. The summed E-state index contributed by atoms with van der Waals surface area (Å²) in [5.41, 5.74) is 1.64. The molecule has 1 aromatic rings. The third-order valence-corrected chi connectivity index (χ3v) is 3.93. The number of thioether (sulfide) groups is 1. The Bertz CT molecular complexity index is 371. The summed E-state index contributed by atoms with van der Waals surface area (Å²) in [7, 11) is 0. The Kier molecular flexibility index (Phi) is 3.71. The van der Waals surface area contributed by atoms with Crippen LogP contribution in [0.4, 0.5) is 0 Å². The molecule has 0 saturated heterocycles. The van der Waals surface area contributed by atoms with Crippen LogP contribution in [-0.4, -0.2) is 21.8 Å². The number of carbonyl (C=O) groups is 1. The molecule has 1 rings (SSSR count). The normalized spacial score (nSPS) is 10.1. The van der Waals surface area contributed by atoms with E-state index in [1.165, 1.54) is 23.1 Å². The molecule has 0 atom stereocenters. The van der Waals surface area contributed by atoms with E-state index in [0.29, 0.717) is 10.6 Å². The molecule has 5 heteroatoms. The van der Waals surface area contributed by atoms with Gasteiger partial charge in [0.1, 0.15) is 4.88 Å². The summed E-state index contributed by atoms with van der Waals surface area (Å²) in [6.45, 7) is 7.42. The van der Waals surface area contributed by atoms with Crippen LogP contribution in [0.2, 0.25) is 0 Å². The van der Waals surface area contributed by atoms with Gasteiger partial charge in [0.05, 0.1) is 5.69 Å². The Morgan fingerprint density at radius 3 is 2.79 bits per heavy atom. The summed E-state index contributed by atoms with van der Waals surface area (Å²) < 4.78 is 0.794. The van der Waals surface area contributed by atoms with Gasteiger partial charge >= 0.3 is 5.97 Å². The smallest absolute Gasteiger partial charge is 0.347 e. The first-order valence-corrected chi connectivity index (χ1v) is 5.79. The molecule has 0 aliphatic rings. The van der Waals surface area contributed by atoms with Crippen LogP contribution >= 0.6 is 23.1 Å². The lowest BCUT2D eigenvalue weighted by atomic mass is 10.4. The summed E-state index contributed by atoms with van der Waals surface area (Å²) in [5, 5.41) is 8.80. The van der Waals surface area contributed by atoms with E-state index in [1.807, 2.05) is 6.92 Å². The van der Waals surface area contributed by atoms with Crippen LogP contribution in [0.5, 0.6) is 0 Å². The molecule has 0 saturated carbocycles. The Morgan fingerprint density at radius 2 is 2.36 bits per heavy atom. The van der Waals surface area contributed by atoms with Gasteiger partial charge in [-0.2, -0.15) is 0 Å². The predicted octanol–water partition coefficient (Wildman–Crippen LogP) is 2.82. The van der Waals surface area contributed by atoms with Crippen molar-refractivity contribution < 1.29 is 9.90 Å². The molecule has 76 valence electrons. The van der Waals surface area contributed by atoms with E-state index in [1.54, 1.807) is 6.92 Å². The molecule has 0 unspecified atom stereocenters. The van der Waals surface area contributed by atoms with Crippen LogP contribution in [0.15, 0.2) is 16.5 Å². The van der Waals surface area contributed by atoms with E-state index in [2.05, 4.69) is 11.6 Å². The molecule has 0 aliphatic heterocycles. The second kappa shape index (κ2) is 4.61. The van der Waals surface area contributed by atoms with Crippen LogP contribution in [0.3, 0.4) is 0 Å². The highest BCUT2D eigenvalue weighted by Crippen LogP contribution is 2.27. The molecule has 1 heterocycles. The molecule has 0 bridgehead atoms. The lowest BCUT2D eigenvalue weighted by Crippen LogP contribution is -1.94. The summed E-state index contributed by atoms with van der Waals surface area (Å²) in [5.74, 6) is -0.117. The number of nitrogens with zero attached hydrogens (tertiary/aromatic N) is 1. The molecule has 0 aliphatic carbocycles. The maximum Gasteiger partial charge on any atom is 0.347 e. The molecule has 0 aromatic carbocycles. The van der Waals surface area contributed by atoms with Gasteiger partial charge in [0.2, 0.25) is 0 Å². The van der Waals surface area contributed by atoms with E-state index in [0.717, 1.165) is 15.7 Å². The second-order valence-electron chi connectivity index (χ2n) is 2.95. The van der Waals surface area contributed by atoms with E-state index < -0.39 is 5.97 Å². The topological polar surface area (TPSA) is 50.2 Å². The molecule has 1 aromatic heterocycles. The van der Waals surface area contributed by atoms with Crippen molar-refractivity contribution in [1.82, 2.24) is 4.98 Å². The average molecular weight is 229 g/mol. The number of hydrogen-bond donors (Lipinski definition) is 1. The Hall–Kier alpha value is -0.810. The van der Waals surface area contributed by atoms with E-state index >= 15 is 0 Å². The fourth-order valence-electron chi connectivity index (χ4n) is 0.817. The number of aryl methyl sites for hydroxylation is 1. The van der Waals surface area contributed by atoms with E-state index in [4.69, 9.17) is 5.11 Å². The molecular formula is C9H11NO2S2. The van der Waals surface area contributed by atoms with Gasteiger partial charge in [-0.25, -0.2) is 9.78 Å². The zero-order valence-corrected chi connectivity index (χ0v) is 9.67. The largest absolute Gasteiger partial charge is 0.477 e. The van der Waals surface area contributed by atoms with Crippen LogP contribution in [0.25, 0.3) is 0 Å². The first kappa shape index (κ1) is 11.3. The van der Waals surface area contributed by atoms with Crippen molar-refractivity contribution in [3.63, 3.8) is 0 Å². The molecule has 14 heavy (non-hydrogen) atoms. The average Bonchev–Trinajstić information content (AvgIpc) is 2.43. The van der Waals surface area contributed by atoms with Crippen molar-refractivity contribution in [2.24, 2.45) is 0 Å². The third-order valence-electron chi connectivity index (χ3n) is 1.41. The first-order valence-electron chi connectivity index (χ1n) is 3.98. The van der Waals surface area contributed by atoms with Gasteiger partial charge in [-0.1, -0.05) is 23.9 Å². The van der Waals surface area contributed by atoms with Crippen molar-refractivity contribution in [2.45, 2.75) is 18.2 Å². The monoisotopic (exact) mass is 229 g/mol. The maximum atomic E-state index is 10.7. The van der Waals surface area contributed by atoms with Crippen LogP contribution in [-0.2, 0) is 0 Å². The van der Waals surface area contributed by atoms with Gasteiger partial charge in [-0.15, -0.1) is 11.3 Å². The second-order valence-corrected chi connectivity index (χ2v) is 5.17. The maximum absolute atomic E-state index is 10.7. The highest BCUT2D eigenvalue weighted by atomic mass is 32.2. The van der Waals surface area contributed by atoms with Crippen molar-refractivity contribution in [2.75, 3.05) is 5.75 Å². The Balaban J connectivity index is 2.76. The fraction of sp³-hybridized carbons (Fsp3) is 0.333. The molecule has 0 fully saturated rings. The minimum Gasteiger partial charge on any atom is -0.477 e. The van der Waals surface area contributed by atoms with Crippen molar-refractivity contribution in [1.29, 1.82) is 0 Å². The van der Waals surface area contributed by atoms with E-state index in [9.17, 15) is 4.79 Å². The van der Waals surface area contributed by atoms with Crippen molar-refractivity contribution >= 4 is 29.1 Å². The van der Waals surface area contributed by atoms with Gasteiger partial charge in [0, 0.05) is 5.75 Å². The van der Waals surface area contributed by atoms with Gasteiger partial charge < -0.3 is 5.11 Å². The molecule has 0 amide bonds. The predicted molar refractivity (Wildman–Crippen MR) is 59.3 cm³/mol. The van der Waals surface area contributed by atoms with Gasteiger partial charge in [-0.05, 0) is 13.8 Å². The van der Waals surface area contributed by atoms with Gasteiger partial charge in [-0.3, -0.25) is 0 Å². The Morgan fingerprint density at radius 1 is 1.71 bits per heavy atom. The van der Waals surface area contributed by atoms with Crippen molar-refractivity contribution in [3.05, 3.63) is 22.7 Å². The summed E-state index contributed by atoms with van der Waals surface area (Å²) >= 11 is 2.75. The molecular weight excluding hydrogens is 218 g/mol. The highest BCUT2D eigenvalue weighted by Gasteiger charge is 2.13. The van der Waals surface area contributed by atoms with Crippen molar-refractivity contribution in [3.8, 4) is 0 Å². The summed E-state index contributed by atoms with van der Waals surface area (Å²) in [6, 6.07) is 0. The molecule has 0 spiro atoms. The molecule has 1 N–H and O–H groups in total. The van der Waals surface area contributed by atoms with Crippen LogP contribution in [0, 0.1) is 6.92 Å². The molecule has 3 nitrogen and oxygen atoms in total. The number of carboxylic acids is 1. The van der Waals surface area contributed by atoms with Gasteiger partial charge in [0.15, 0.2) is 4.34 Å². The quantitative estimate of drug-likeness (QED) is 0.637. The number of aromatic carboxylic acids is 1. The standard InChI is InChI=1S/C9H11NO2S2/c1-5(2)4-13-9-10-6(3)7(14-9)8(11)12/h1,4H2,2-3H3,(H,11,12). The van der Waals surface area contributed by atoms with Gasteiger partial charge in [0.25, 0.3) is 0 Å². The lowest BCUT2D eigenvalue weighted by molar-refractivity contribution is 0.0701. The number of thiazole rings is 1. The highest BCUT2D eigenvalue weighted by molar-refractivity contribution is 8.01. The number of hydrogen-bond acceptors (Lipinski definition) is 4. The minimum atomic E-state index is -0.901. The van der Waals surface area contributed by atoms with E-state index in [-0.39, 0.29) is 0 Å². The summed E-state index contributed by atoms with van der Waals surface area (Å²) in [4.78, 5) is 15.2.